The van der Waals surface area contributed by atoms with Gasteiger partial charge in [0.2, 0.25) is 17.7 Å². The summed E-state index contributed by atoms with van der Waals surface area (Å²) in [7, 11) is 1.47. The largest absolute Gasteiger partial charge is 0.495 e. The summed E-state index contributed by atoms with van der Waals surface area (Å²) in [6, 6.07) is 19.3. The van der Waals surface area contributed by atoms with Gasteiger partial charge in [0.1, 0.15) is 17.6 Å². The summed E-state index contributed by atoms with van der Waals surface area (Å²) >= 11 is 12.9. The maximum atomic E-state index is 16.3. The molecule has 5 N–H and O–H groups in total. The van der Waals surface area contributed by atoms with Crippen molar-refractivity contribution in [1.82, 2.24) is 20.9 Å². The fourth-order valence-corrected chi connectivity index (χ4v) is 11.1. The Kier molecular flexibility index (Phi) is 11.8. The van der Waals surface area contributed by atoms with Crippen LogP contribution in [0.25, 0.3) is 0 Å². The van der Waals surface area contributed by atoms with Crippen molar-refractivity contribution >= 4 is 69.8 Å². The molecular weight excluding hydrogens is 872 g/mol. The maximum Gasteiger partial charge on any atom is 0.255 e. The fraction of sp³-hybridized carbons (Fsp3) is 0.408. The number of ether oxygens (including phenoxy) is 1. The van der Waals surface area contributed by atoms with Crippen molar-refractivity contribution < 1.29 is 33.1 Å². The number of halogens is 3. The van der Waals surface area contributed by atoms with Crippen molar-refractivity contribution in [1.29, 1.82) is 0 Å². The number of fused-ring (bicyclic) bond motifs is 3. The average molecular weight is 925 g/mol. The Labute approximate surface area is 387 Å². The maximum absolute atomic E-state index is 16.3. The van der Waals surface area contributed by atoms with E-state index in [0.29, 0.717) is 85.0 Å². The predicted octanol–water partition coefficient (Wildman–Crippen LogP) is 7.16. The molecule has 3 fully saturated rings. The molecule has 5 aliphatic rings. The lowest BCUT2D eigenvalue weighted by molar-refractivity contribution is -0.137. The number of methoxy groups -OCH3 is 1. The number of anilines is 3. The Balaban J connectivity index is 0.885. The van der Waals surface area contributed by atoms with Gasteiger partial charge in [-0.25, -0.2) is 4.39 Å². The lowest BCUT2D eigenvalue weighted by Gasteiger charge is -2.39. The highest BCUT2D eigenvalue weighted by molar-refractivity contribution is 6.31. The van der Waals surface area contributed by atoms with E-state index in [1.807, 2.05) is 30.3 Å². The van der Waals surface area contributed by atoms with Gasteiger partial charge in [-0.3, -0.25) is 29.3 Å². The van der Waals surface area contributed by atoms with Gasteiger partial charge in [-0.05, 0) is 102 Å². The molecule has 5 heterocycles. The molecule has 340 valence electrons. The highest BCUT2D eigenvalue weighted by Gasteiger charge is 2.61. The first-order valence-electron chi connectivity index (χ1n) is 22.1. The van der Waals surface area contributed by atoms with Crippen LogP contribution in [0.1, 0.15) is 96.2 Å². The number of nitrogens with one attached hydrogen (secondary N) is 5. The number of piperidine rings is 2. The van der Waals surface area contributed by atoms with Crippen molar-refractivity contribution in [3.63, 3.8) is 0 Å². The molecule has 9 rings (SSSR count). The summed E-state index contributed by atoms with van der Waals surface area (Å²) in [6.45, 7) is 8.51. The Morgan fingerprint density at radius 3 is 2.49 bits per heavy atom. The molecule has 0 saturated carbocycles. The second-order valence-electron chi connectivity index (χ2n) is 19.0. The molecule has 1 unspecified atom stereocenters. The molecule has 1 spiro atoms. The lowest BCUT2D eigenvalue weighted by atomic mass is 9.63. The third kappa shape index (κ3) is 8.29. The smallest absolute Gasteiger partial charge is 0.255 e. The minimum Gasteiger partial charge on any atom is -0.495 e. The third-order valence-electron chi connectivity index (χ3n) is 13.8. The van der Waals surface area contributed by atoms with Gasteiger partial charge in [-0.2, -0.15) is 0 Å². The lowest BCUT2D eigenvalue weighted by Crippen LogP contribution is -2.52. The summed E-state index contributed by atoms with van der Waals surface area (Å²) in [5.74, 6) is -2.61. The van der Waals surface area contributed by atoms with Crippen molar-refractivity contribution in [2.24, 2.45) is 5.41 Å². The van der Waals surface area contributed by atoms with Gasteiger partial charge in [0.25, 0.3) is 11.8 Å². The van der Waals surface area contributed by atoms with Gasteiger partial charge < -0.3 is 35.8 Å². The Bertz CT molecular complexity index is 2610. The van der Waals surface area contributed by atoms with Crippen LogP contribution in [-0.4, -0.2) is 85.3 Å². The van der Waals surface area contributed by atoms with Crippen LogP contribution in [0.4, 0.5) is 21.5 Å². The number of hydrogen-bond acceptors (Lipinski definition) is 9. The molecule has 13 nitrogen and oxygen atoms in total. The van der Waals surface area contributed by atoms with Crippen LogP contribution in [0.2, 0.25) is 10.0 Å². The highest BCUT2D eigenvalue weighted by Crippen LogP contribution is 2.57. The second-order valence-corrected chi connectivity index (χ2v) is 19.9. The first-order chi connectivity index (χ1) is 31.0. The molecule has 3 saturated heterocycles. The van der Waals surface area contributed by atoms with Gasteiger partial charge in [-0.1, -0.05) is 62.2 Å². The monoisotopic (exact) mass is 923 g/mol. The van der Waals surface area contributed by atoms with Crippen molar-refractivity contribution in [3.8, 4) is 5.75 Å². The van der Waals surface area contributed by atoms with Crippen LogP contribution in [0.3, 0.4) is 0 Å². The molecular formula is C49H52Cl2FN7O6. The van der Waals surface area contributed by atoms with Gasteiger partial charge in [0, 0.05) is 83.5 Å². The minimum absolute atomic E-state index is 0.0288. The highest BCUT2D eigenvalue weighted by atomic mass is 35.5. The second kappa shape index (κ2) is 17.3. The van der Waals surface area contributed by atoms with Gasteiger partial charge in [-0.15, -0.1) is 0 Å². The minimum atomic E-state index is -0.899. The van der Waals surface area contributed by atoms with Crippen LogP contribution in [0.5, 0.6) is 5.75 Å². The van der Waals surface area contributed by atoms with Gasteiger partial charge >= 0.3 is 0 Å². The predicted molar refractivity (Wildman–Crippen MR) is 247 cm³/mol. The zero-order valence-corrected chi connectivity index (χ0v) is 38.2. The van der Waals surface area contributed by atoms with E-state index in [1.54, 1.807) is 41.3 Å². The normalized spacial score (nSPS) is 24.1. The first-order valence-corrected chi connectivity index (χ1v) is 22.9. The molecule has 0 aliphatic carbocycles. The fourth-order valence-electron chi connectivity index (χ4n) is 10.7. The van der Waals surface area contributed by atoms with Crippen molar-refractivity contribution in [2.75, 3.05) is 42.3 Å². The molecule has 5 atom stereocenters. The SMILES string of the molecule is COc1cc(C(=O)NC2CCN(c3ccc4c(c3)CN(C3CCC(=O)NC3=O)C4=O)CC2)ccc1NC(=O)[C@@H]1N[C@@H](CC(C)(C)C)[C@@]2(CNc3cc(Cl)ccc32)[C@H]1c1cccc(Cl)c1F. The van der Waals surface area contributed by atoms with E-state index >= 15 is 4.39 Å². The molecule has 0 bridgehead atoms. The van der Waals surface area contributed by atoms with E-state index in [0.717, 1.165) is 22.5 Å². The molecule has 0 aromatic heterocycles. The zero-order chi connectivity index (χ0) is 45.9. The van der Waals surface area contributed by atoms with Crippen LogP contribution in [-0.2, 0) is 26.3 Å². The Morgan fingerprint density at radius 2 is 1.75 bits per heavy atom. The zero-order valence-electron chi connectivity index (χ0n) is 36.7. The first kappa shape index (κ1) is 44.5. The topological polar surface area (TPSA) is 161 Å². The molecule has 4 aromatic rings. The van der Waals surface area contributed by atoms with E-state index in [-0.39, 0.29) is 46.7 Å². The number of rotatable bonds is 9. The van der Waals surface area contributed by atoms with Crippen LogP contribution < -0.4 is 36.2 Å². The van der Waals surface area contributed by atoms with Crippen LogP contribution in [0, 0.1) is 11.2 Å². The Hall–Kier alpha value is -5.70. The number of carbonyl (C=O) groups excluding carboxylic acids is 5. The van der Waals surface area contributed by atoms with Gasteiger partial charge in [0.15, 0.2) is 0 Å². The molecule has 65 heavy (non-hydrogen) atoms. The number of nitrogens with zero attached hydrogens (tertiary/aromatic N) is 2. The quantitative estimate of drug-likeness (QED) is 0.110. The average Bonchev–Trinajstić information content (AvgIpc) is 3.91. The number of imide groups is 1. The number of hydrogen-bond donors (Lipinski definition) is 5. The summed E-state index contributed by atoms with van der Waals surface area (Å²) in [5, 5.41) is 16.3. The van der Waals surface area contributed by atoms with Gasteiger partial charge in [0.05, 0.1) is 23.9 Å². The van der Waals surface area contributed by atoms with E-state index in [4.69, 9.17) is 27.9 Å². The van der Waals surface area contributed by atoms with Crippen molar-refractivity contribution in [2.45, 2.75) is 94.9 Å². The molecule has 16 heteroatoms. The Morgan fingerprint density at radius 1 is 0.969 bits per heavy atom. The molecule has 4 aromatic carbocycles. The molecule has 5 amide bonds. The number of amides is 5. The number of carbonyl (C=O) groups is 5. The van der Waals surface area contributed by atoms with Crippen LogP contribution in [0.15, 0.2) is 72.8 Å². The summed E-state index contributed by atoms with van der Waals surface area (Å²) in [5.41, 5.74) is 4.28. The van der Waals surface area contributed by atoms with E-state index < -0.39 is 41.0 Å². The van der Waals surface area contributed by atoms with Crippen molar-refractivity contribution in [3.05, 3.63) is 116 Å². The summed E-state index contributed by atoms with van der Waals surface area (Å²) in [6.07, 6.45) is 2.55. The molecule has 0 radical (unpaired) electrons. The summed E-state index contributed by atoms with van der Waals surface area (Å²) < 4.78 is 22.0. The summed E-state index contributed by atoms with van der Waals surface area (Å²) in [4.78, 5) is 69.6. The van der Waals surface area contributed by atoms with E-state index in [1.165, 1.54) is 13.2 Å². The van der Waals surface area contributed by atoms with E-state index in [2.05, 4.69) is 52.3 Å². The number of benzene rings is 4. The third-order valence-corrected chi connectivity index (χ3v) is 14.3. The molecule has 5 aliphatic heterocycles. The standard InChI is InChI=1S/C49H52Cl2FN7O6/c1-48(2,3)23-39-49(25-53-36-22-28(50)9-12-33(36)49)41(32-6-5-7-34(51)42(32)52)43(56-39)46(63)55-35-13-8-26(21-38(35)65-4)44(61)54-29-16-18-58(19-17-29)30-10-11-31-27(20-30)24-59(47(31)64)37-14-15-40(60)57-45(37)62/h5-13,20-22,29,37,39,41,43,53,56H,14-19,23-25H2,1-4H3,(H,54,61)(H,55,63)(H,57,60,62)/t37?,39-,41-,43+,49-/m0/s1. The van der Waals surface area contributed by atoms with Crippen LogP contribution >= 0.6 is 23.2 Å². The van der Waals surface area contributed by atoms with E-state index in [9.17, 15) is 24.0 Å².